The number of hydrogen-bond acceptors (Lipinski definition) is 5. The number of aromatic carboxylic acids is 1. The van der Waals surface area contributed by atoms with Crippen LogP contribution >= 0.6 is 0 Å². The number of carboxylic acids is 1. The number of rotatable bonds is 6. The molecule has 3 aromatic rings. The molecule has 156 valence electrons. The van der Waals surface area contributed by atoms with Crippen molar-refractivity contribution in [3.8, 4) is 28.4 Å². The number of benzene rings is 2. The zero-order valence-electron chi connectivity index (χ0n) is 16.9. The fourth-order valence-corrected chi connectivity index (χ4v) is 3.89. The summed E-state index contributed by atoms with van der Waals surface area (Å²) < 4.78 is 11.6. The molecule has 2 aromatic carbocycles. The summed E-state index contributed by atoms with van der Waals surface area (Å²) in [5, 5.41) is 19.2. The van der Waals surface area contributed by atoms with Crippen LogP contribution in [-0.2, 0) is 6.54 Å². The van der Waals surface area contributed by atoms with Gasteiger partial charge in [0.1, 0.15) is 17.3 Å². The summed E-state index contributed by atoms with van der Waals surface area (Å²) in [6, 6.07) is 16.4. The molecule has 0 aliphatic carbocycles. The predicted octanol–water partition coefficient (Wildman–Crippen LogP) is 4.28. The molecule has 0 spiro atoms. The summed E-state index contributed by atoms with van der Waals surface area (Å²) in [6.45, 7) is 2.21. The lowest BCUT2D eigenvalue weighted by atomic mass is 10.0. The highest BCUT2D eigenvalue weighted by Crippen LogP contribution is 2.35. The fraction of sp³-hybridized carbons (Fsp3) is 0.292. The summed E-state index contributed by atoms with van der Waals surface area (Å²) in [5.41, 5.74) is 2.97. The SMILES string of the molecule is COc1cccc(-c2cc(CN3CCCC(O)C3)c(-c3ccc(C(=O)O)cc3)o2)c1. The van der Waals surface area contributed by atoms with Gasteiger partial charge in [-0.1, -0.05) is 24.3 Å². The normalized spacial score (nSPS) is 17.1. The Kier molecular flexibility index (Phi) is 5.88. The molecule has 6 nitrogen and oxygen atoms in total. The number of aliphatic hydroxyl groups is 1. The quantitative estimate of drug-likeness (QED) is 0.635. The van der Waals surface area contributed by atoms with Crippen LogP contribution in [0.5, 0.6) is 5.75 Å². The number of aliphatic hydroxyl groups excluding tert-OH is 1. The van der Waals surface area contributed by atoms with Crippen molar-refractivity contribution in [3.05, 3.63) is 65.7 Å². The van der Waals surface area contributed by atoms with E-state index in [4.69, 9.17) is 9.15 Å². The molecule has 0 bridgehead atoms. The largest absolute Gasteiger partial charge is 0.497 e. The average Bonchev–Trinajstić information content (AvgIpc) is 3.17. The van der Waals surface area contributed by atoms with Crippen molar-refractivity contribution < 1.29 is 24.2 Å². The van der Waals surface area contributed by atoms with Crippen LogP contribution in [0.25, 0.3) is 22.6 Å². The van der Waals surface area contributed by atoms with E-state index in [2.05, 4.69) is 4.90 Å². The summed E-state index contributed by atoms with van der Waals surface area (Å²) >= 11 is 0. The molecule has 1 unspecified atom stereocenters. The maximum absolute atomic E-state index is 11.2. The third-order valence-corrected chi connectivity index (χ3v) is 5.43. The lowest BCUT2D eigenvalue weighted by Crippen LogP contribution is -2.37. The third-order valence-electron chi connectivity index (χ3n) is 5.43. The van der Waals surface area contributed by atoms with Crippen LogP contribution in [0.4, 0.5) is 0 Å². The number of likely N-dealkylation sites (tertiary alicyclic amines) is 1. The maximum Gasteiger partial charge on any atom is 0.335 e. The molecule has 1 aromatic heterocycles. The number of carbonyl (C=O) groups is 1. The zero-order valence-corrected chi connectivity index (χ0v) is 16.9. The standard InChI is InChI=1S/C24H25NO5/c1-29-21-6-2-4-18(12-21)22-13-19(14-25-11-3-5-20(26)15-25)23(30-22)16-7-9-17(10-8-16)24(27)28/h2,4,6-10,12-13,20,26H,3,5,11,14-15H2,1H3,(H,27,28). The minimum atomic E-state index is -0.958. The van der Waals surface area contributed by atoms with E-state index in [1.807, 2.05) is 30.3 Å². The lowest BCUT2D eigenvalue weighted by molar-refractivity contribution is 0.0668. The van der Waals surface area contributed by atoms with Crippen molar-refractivity contribution in [2.75, 3.05) is 20.2 Å². The Hall–Kier alpha value is -3.09. The second-order valence-electron chi connectivity index (χ2n) is 7.61. The minimum absolute atomic E-state index is 0.235. The molecule has 6 heteroatoms. The first kappa shape index (κ1) is 20.2. The van der Waals surface area contributed by atoms with Crippen molar-refractivity contribution in [1.29, 1.82) is 0 Å². The van der Waals surface area contributed by atoms with Crippen LogP contribution in [0.15, 0.2) is 59.0 Å². The maximum atomic E-state index is 11.2. The van der Waals surface area contributed by atoms with Crippen molar-refractivity contribution in [3.63, 3.8) is 0 Å². The van der Waals surface area contributed by atoms with Crippen LogP contribution in [0, 0.1) is 0 Å². The van der Waals surface area contributed by atoms with Gasteiger partial charge >= 0.3 is 5.97 Å². The predicted molar refractivity (Wildman–Crippen MR) is 114 cm³/mol. The van der Waals surface area contributed by atoms with Gasteiger partial charge < -0.3 is 19.4 Å². The number of β-amino-alcohol motifs (C(OH)–C–C–N with tert-alkyl or cyclic N) is 1. The number of ether oxygens (including phenoxy) is 1. The first-order chi connectivity index (χ1) is 14.5. The lowest BCUT2D eigenvalue weighted by Gasteiger charge is -2.29. The van der Waals surface area contributed by atoms with E-state index in [1.165, 1.54) is 0 Å². The molecular weight excluding hydrogens is 382 g/mol. The second kappa shape index (κ2) is 8.73. The first-order valence-electron chi connectivity index (χ1n) is 10.0. The first-order valence-corrected chi connectivity index (χ1v) is 10.0. The van der Waals surface area contributed by atoms with Gasteiger partial charge in [0.05, 0.1) is 18.8 Å². The monoisotopic (exact) mass is 407 g/mol. The van der Waals surface area contributed by atoms with E-state index in [0.29, 0.717) is 18.8 Å². The number of nitrogens with zero attached hydrogens (tertiary/aromatic N) is 1. The van der Waals surface area contributed by atoms with Crippen LogP contribution in [0.1, 0.15) is 28.8 Å². The minimum Gasteiger partial charge on any atom is -0.497 e. The highest BCUT2D eigenvalue weighted by molar-refractivity contribution is 5.88. The Morgan fingerprint density at radius 2 is 1.97 bits per heavy atom. The van der Waals surface area contributed by atoms with Gasteiger partial charge in [-0.15, -0.1) is 0 Å². The summed E-state index contributed by atoms with van der Waals surface area (Å²) in [6.07, 6.45) is 1.49. The smallest absolute Gasteiger partial charge is 0.335 e. The van der Waals surface area contributed by atoms with Crippen molar-refractivity contribution in [1.82, 2.24) is 4.90 Å². The zero-order chi connectivity index (χ0) is 21.1. The Balaban J connectivity index is 1.71. The molecule has 30 heavy (non-hydrogen) atoms. The van der Waals surface area contributed by atoms with E-state index in [9.17, 15) is 15.0 Å². The summed E-state index contributed by atoms with van der Waals surface area (Å²) in [5.74, 6) is 1.22. The van der Waals surface area contributed by atoms with Gasteiger partial charge in [0.15, 0.2) is 0 Å². The number of methoxy groups -OCH3 is 1. The number of furan rings is 1. The van der Waals surface area contributed by atoms with Crippen LogP contribution in [0.2, 0.25) is 0 Å². The molecule has 0 amide bonds. The molecule has 1 fully saturated rings. The number of carboxylic acid groups (broad SMARTS) is 1. The van der Waals surface area contributed by atoms with Crippen LogP contribution < -0.4 is 4.74 Å². The molecular formula is C24H25NO5. The molecule has 0 saturated carbocycles. The van der Waals surface area contributed by atoms with E-state index >= 15 is 0 Å². The van der Waals surface area contributed by atoms with E-state index < -0.39 is 5.97 Å². The van der Waals surface area contributed by atoms with E-state index in [1.54, 1.807) is 31.4 Å². The molecule has 1 aliphatic rings. The Bertz CT molecular complexity index is 1020. The Labute approximate surface area is 175 Å². The van der Waals surface area contributed by atoms with Gasteiger partial charge in [0.25, 0.3) is 0 Å². The Morgan fingerprint density at radius 1 is 1.17 bits per heavy atom. The molecule has 2 N–H and O–H groups in total. The van der Waals surface area contributed by atoms with E-state index in [0.717, 1.165) is 47.6 Å². The van der Waals surface area contributed by atoms with Crippen LogP contribution in [-0.4, -0.2) is 47.4 Å². The van der Waals surface area contributed by atoms with Crippen LogP contribution in [0.3, 0.4) is 0 Å². The number of piperidine rings is 1. The summed E-state index contributed by atoms with van der Waals surface area (Å²) in [4.78, 5) is 13.4. The Morgan fingerprint density at radius 3 is 2.67 bits per heavy atom. The molecule has 1 saturated heterocycles. The highest BCUT2D eigenvalue weighted by atomic mass is 16.5. The van der Waals surface area contributed by atoms with Gasteiger partial charge in [-0.2, -0.15) is 0 Å². The molecule has 0 radical (unpaired) electrons. The highest BCUT2D eigenvalue weighted by Gasteiger charge is 2.22. The van der Waals surface area contributed by atoms with Gasteiger partial charge in [-0.05, 0) is 49.7 Å². The summed E-state index contributed by atoms with van der Waals surface area (Å²) in [7, 11) is 1.63. The van der Waals surface area contributed by atoms with Gasteiger partial charge in [-0.3, -0.25) is 4.90 Å². The van der Waals surface area contributed by atoms with Crippen molar-refractivity contribution in [2.24, 2.45) is 0 Å². The second-order valence-corrected chi connectivity index (χ2v) is 7.61. The molecule has 1 aliphatic heterocycles. The van der Waals surface area contributed by atoms with Crippen molar-refractivity contribution in [2.45, 2.75) is 25.5 Å². The van der Waals surface area contributed by atoms with Crippen molar-refractivity contribution >= 4 is 5.97 Å². The molecule has 2 heterocycles. The van der Waals surface area contributed by atoms with E-state index in [-0.39, 0.29) is 11.7 Å². The van der Waals surface area contributed by atoms with Gasteiger partial charge in [0, 0.05) is 29.8 Å². The molecule has 4 rings (SSSR count). The van der Waals surface area contributed by atoms with Gasteiger partial charge in [0.2, 0.25) is 0 Å². The average molecular weight is 407 g/mol. The topological polar surface area (TPSA) is 83.1 Å². The number of hydrogen-bond donors (Lipinski definition) is 2. The van der Waals surface area contributed by atoms with Gasteiger partial charge in [-0.25, -0.2) is 4.79 Å². The third kappa shape index (κ3) is 4.40. The fourth-order valence-electron chi connectivity index (χ4n) is 3.89. The molecule has 1 atom stereocenters.